The van der Waals surface area contributed by atoms with Gasteiger partial charge in [-0.1, -0.05) is 25.3 Å². The summed E-state index contributed by atoms with van der Waals surface area (Å²) in [6.45, 7) is 4.62. The van der Waals surface area contributed by atoms with Gasteiger partial charge in [-0.15, -0.1) is 11.3 Å². The molecular weight excluding hydrogens is 448 g/mol. The number of benzene rings is 1. The van der Waals surface area contributed by atoms with Crippen molar-refractivity contribution in [3.05, 3.63) is 53.5 Å². The molecule has 1 fully saturated rings. The van der Waals surface area contributed by atoms with Crippen LogP contribution in [0.25, 0.3) is 10.6 Å². The Bertz CT molecular complexity index is 1170. The molecule has 2 aliphatic rings. The lowest BCUT2D eigenvalue weighted by molar-refractivity contribution is -0.127. The number of ether oxygens (including phenoxy) is 1. The Balaban J connectivity index is 1.53. The van der Waals surface area contributed by atoms with Crippen LogP contribution in [0.5, 0.6) is 5.75 Å². The van der Waals surface area contributed by atoms with Crippen molar-refractivity contribution < 1.29 is 14.3 Å². The van der Waals surface area contributed by atoms with Gasteiger partial charge in [-0.25, -0.2) is 0 Å². The first kappa shape index (κ1) is 22.7. The lowest BCUT2D eigenvalue weighted by atomic mass is 9.91. The molecule has 178 valence electrons. The third-order valence-electron chi connectivity index (χ3n) is 6.76. The number of hydrogen-bond donors (Lipinski definition) is 1. The van der Waals surface area contributed by atoms with Crippen molar-refractivity contribution in [2.45, 2.75) is 64.1 Å². The second-order valence-corrected chi connectivity index (χ2v) is 10.1. The molecule has 7 nitrogen and oxygen atoms in total. The van der Waals surface area contributed by atoms with E-state index in [9.17, 15) is 9.59 Å². The summed E-state index contributed by atoms with van der Waals surface area (Å²) in [6, 6.07) is 13.3. The van der Waals surface area contributed by atoms with E-state index in [0.29, 0.717) is 18.0 Å². The van der Waals surface area contributed by atoms with Crippen molar-refractivity contribution >= 4 is 28.8 Å². The van der Waals surface area contributed by atoms with Crippen LogP contribution in [0.4, 0.5) is 5.69 Å². The van der Waals surface area contributed by atoms with Crippen LogP contribution >= 0.6 is 11.3 Å². The summed E-state index contributed by atoms with van der Waals surface area (Å²) in [6.07, 6.45) is 5.42. The van der Waals surface area contributed by atoms with Gasteiger partial charge in [0.2, 0.25) is 5.91 Å². The summed E-state index contributed by atoms with van der Waals surface area (Å²) in [7, 11) is 0. The van der Waals surface area contributed by atoms with Gasteiger partial charge in [0.25, 0.3) is 5.91 Å². The predicted molar refractivity (Wildman–Crippen MR) is 133 cm³/mol. The molecule has 5 rings (SSSR count). The van der Waals surface area contributed by atoms with E-state index in [-0.39, 0.29) is 24.4 Å². The molecule has 1 aliphatic carbocycles. The second kappa shape index (κ2) is 9.25. The van der Waals surface area contributed by atoms with E-state index in [1.54, 1.807) is 20.9 Å². The smallest absolute Gasteiger partial charge is 0.277 e. The number of anilines is 1. The molecular formula is C26H30N4O3S. The van der Waals surface area contributed by atoms with E-state index in [1.165, 1.54) is 6.42 Å². The number of thiophene rings is 1. The zero-order valence-electron chi connectivity index (χ0n) is 19.6. The minimum absolute atomic E-state index is 0.138. The largest absolute Gasteiger partial charge is 0.494 e. The number of aromatic nitrogens is 2. The number of rotatable bonds is 6. The Morgan fingerprint density at radius 2 is 1.97 bits per heavy atom. The third-order valence-corrected chi connectivity index (χ3v) is 7.65. The Labute approximate surface area is 203 Å². The van der Waals surface area contributed by atoms with Gasteiger partial charge in [-0.2, -0.15) is 5.10 Å². The number of amides is 2. The number of carbonyl (C=O) groups is 2. The van der Waals surface area contributed by atoms with Crippen LogP contribution in [-0.2, 0) is 11.3 Å². The van der Waals surface area contributed by atoms with Gasteiger partial charge < -0.3 is 10.1 Å². The molecule has 3 aromatic rings. The second-order valence-electron chi connectivity index (χ2n) is 9.20. The lowest BCUT2D eigenvalue weighted by Gasteiger charge is -2.44. The van der Waals surface area contributed by atoms with E-state index in [4.69, 9.17) is 9.84 Å². The number of fused-ring (bicyclic) bond motifs is 1. The summed E-state index contributed by atoms with van der Waals surface area (Å²) < 4.78 is 7.28. The highest BCUT2D eigenvalue weighted by Crippen LogP contribution is 2.36. The first-order valence-electron chi connectivity index (χ1n) is 12.0. The quantitative estimate of drug-likeness (QED) is 0.548. The summed E-state index contributed by atoms with van der Waals surface area (Å²) in [5.41, 5.74) is 0.787. The van der Waals surface area contributed by atoms with Crippen LogP contribution in [0.15, 0.2) is 47.8 Å². The first-order valence-corrected chi connectivity index (χ1v) is 12.9. The number of nitrogens with one attached hydrogen (secondary N) is 1. The zero-order valence-corrected chi connectivity index (χ0v) is 20.4. The van der Waals surface area contributed by atoms with Gasteiger partial charge >= 0.3 is 0 Å². The molecule has 2 amide bonds. The maximum atomic E-state index is 13.9. The minimum atomic E-state index is -1.12. The summed E-state index contributed by atoms with van der Waals surface area (Å²) in [5.74, 6) is 0.363. The van der Waals surface area contributed by atoms with Gasteiger partial charge in [-0.3, -0.25) is 19.2 Å². The Morgan fingerprint density at radius 1 is 1.21 bits per heavy atom. The number of carbonyl (C=O) groups excluding carboxylic acids is 2. The van der Waals surface area contributed by atoms with E-state index < -0.39 is 5.54 Å². The number of nitrogens with zero attached hydrogens (tertiary/aromatic N) is 3. The molecule has 2 aromatic heterocycles. The fourth-order valence-electron chi connectivity index (χ4n) is 4.98. The molecule has 1 aliphatic heterocycles. The van der Waals surface area contributed by atoms with Crippen LogP contribution < -0.4 is 15.0 Å². The maximum Gasteiger partial charge on any atom is 0.277 e. The SMILES string of the molecule is CCOc1ccc(N2C(=O)c3cc(-c4cccs4)nn3C[C@]2(C)C(=O)NC2CCCCC2)cc1. The molecule has 8 heteroatoms. The van der Waals surface area contributed by atoms with Crippen LogP contribution in [0.2, 0.25) is 0 Å². The molecule has 1 aromatic carbocycles. The van der Waals surface area contributed by atoms with E-state index >= 15 is 0 Å². The molecule has 1 atom stereocenters. The van der Waals surface area contributed by atoms with Gasteiger partial charge in [0.15, 0.2) is 0 Å². The average molecular weight is 479 g/mol. The van der Waals surface area contributed by atoms with Crippen molar-refractivity contribution in [1.82, 2.24) is 15.1 Å². The fourth-order valence-corrected chi connectivity index (χ4v) is 5.66. The van der Waals surface area contributed by atoms with Crippen molar-refractivity contribution in [3.8, 4) is 16.3 Å². The Morgan fingerprint density at radius 3 is 2.65 bits per heavy atom. The molecule has 3 heterocycles. The van der Waals surface area contributed by atoms with Crippen LogP contribution in [0.1, 0.15) is 56.4 Å². The number of hydrogen-bond acceptors (Lipinski definition) is 5. The normalized spacial score (nSPS) is 20.8. The van der Waals surface area contributed by atoms with Gasteiger partial charge in [0, 0.05) is 11.7 Å². The van der Waals surface area contributed by atoms with Crippen molar-refractivity contribution in [3.63, 3.8) is 0 Å². The highest BCUT2D eigenvalue weighted by atomic mass is 32.1. The standard InChI is InChI=1S/C26H30N4O3S/c1-3-33-20-13-11-19(12-14-20)30-24(31)22-16-21(23-10-7-15-34-23)28-29(22)17-26(30,2)25(32)27-18-8-5-4-6-9-18/h7,10-16,18H,3-6,8-9,17H2,1-2H3,(H,27,32)/t26-/m1/s1. The lowest BCUT2D eigenvalue weighted by Crippen LogP contribution is -2.65. The molecule has 1 saturated carbocycles. The topological polar surface area (TPSA) is 76.5 Å². The maximum absolute atomic E-state index is 13.9. The van der Waals surface area contributed by atoms with Crippen LogP contribution in [-0.4, -0.2) is 39.8 Å². The molecule has 0 radical (unpaired) electrons. The van der Waals surface area contributed by atoms with E-state index in [2.05, 4.69) is 5.32 Å². The van der Waals surface area contributed by atoms with Crippen molar-refractivity contribution in [2.75, 3.05) is 11.5 Å². The van der Waals surface area contributed by atoms with Gasteiger partial charge in [0.1, 0.15) is 22.7 Å². The first-order chi connectivity index (χ1) is 16.5. The monoisotopic (exact) mass is 478 g/mol. The predicted octanol–water partition coefficient (Wildman–Crippen LogP) is 4.88. The summed E-state index contributed by atoms with van der Waals surface area (Å²) in [5, 5.41) is 9.95. The zero-order chi connectivity index (χ0) is 23.7. The Kier molecular flexibility index (Phi) is 6.16. The van der Waals surface area contributed by atoms with Crippen molar-refractivity contribution in [1.29, 1.82) is 0 Å². The third kappa shape index (κ3) is 4.11. The molecule has 0 unspecified atom stereocenters. The Hall–Kier alpha value is -3.13. The van der Waals surface area contributed by atoms with Gasteiger partial charge in [0.05, 0.1) is 18.0 Å². The van der Waals surface area contributed by atoms with E-state index in [1.807, 2.05) is 61.7 Å². The molecule has 0 bridgehead atoms. The van der Waals surface area contributed by atoms with Gasteiger partial charge in [-0.05, 0) is 68.5 Å². The summed E-state index contributed by atoms with van der Waals surface area (Å²) >= 11 is 1.58. The molecule has 34 heavy (non-hydrogen) atoms. The molecule has 0 saturated heterocycles. The van der Waals surface area contributed by atoms with Crippen LogP contribution in [0.3, 0.4) is 0 Å². The minimum Gasteiger partial charge on any atom is -0.494 e. The fraction of sp³-hybridized carbons (Fsp3) is 0.423. The molecule has 0 spiro atoms. The highest BCUT2D eigenvalue weighted by Gasteiger charge is 2.49. The molecule has 1 N–H and O–H groups in total. The van der Waals surface area contributed by atoms with Crippen LogP contribution in [0, 0.1) is 0 Å². The highest BCUT2D eigenvalue weighted by molar-refractivity contribution is 7.13. The summed E-state index contributed by atoms with van der Waals surface area (Å²) in [4.78, 5) is 30.3. The average Bonchev–Trinajstić information content (AvgIpc) is 3.51. The van der Waals surface area contributed by atoms with E-state index in [0.717, 1.165) is 42.0 Å². The van der Waals surface area contributed by atoms with Crippen molar-refractivity contribution in [2.24, 2.45) is 0 Å².